The fourth-order valence-corrected chi connectivity index (χ4v) is 3.27. The molecular weight excluding hydrogens is 386 g/mol. The number of benzene rings is 2. The van der Waals surface area contributed by atoms with Gasteiger partial charge in [0.05, 0.1) is 10.6 Å². The molecule has 0 amide bonds. The van der Waals surface area contributed by atoms with Gasteiger partial charge in [-0.05, 0) is 32.0 Å². The summed E-state index contributed by atoms with van der Waals surface area (Å²) in [6, 6.07) is 10.7. The van der Waals surface area contributed by atoms with Crippen molar-refractivity contribution in [3.8, 4) is 5.75 Å². The molecule has 0 aliphatic carbocycles. The largest absolute Gasteiger partial charge is 0.490 e. The molecular formula is C18H18BrN3O3. The lowest BCUT2D eigenvalue weighted by Gasteiger charge is -2.11. The maximum atomic E-state index is 11.2. The number of rotatable bonds is 4. The molecule has 1 N–H and O–H groups in total. The number of nitro benzene ring substituents is 1. The van der Waals surface area contributed by atoms with Crippen molar-refractivity contribution in [1.82, 2.24) is 0 Å². The molecule has 2 atom stereocenters. The molecule has 1 heterocycles. The molecule has 25 heavy (non-hydrogen) atoms. The van der Waals surface area contributed by atoms with E-state index in [0.717, 1.165) is 22.6 Å². The SMILES string of the molecule is C/C(=N\Nc1ccc(Br)cc1[N+](=O)[O-])c1cccc2c1[C@@H](C)[C@@H](C)O2. The van der Waals surface area contributed by atoms with Gasteiger partial charge in [-0.3, -0.25) is 15.5 Å². The van der Waals surface area contributed by atoms with Crippen LogP contribution in [0.3, 0.4) is 0 Å². The monoisotopic (exact) mass is 403 g/mol. The molecule has 0 bridgehead atoms. The van der Waals surface area contributed by atoms with E-state index in [2.05, 4.69) is 33.4 Å². The number of hydrogen-bond acceptors (Lipinski definition) is 5. The molecule has 0 saturated heterocycles. The van der Waals surface area contributed by atoms with E-state index >= 15 is 0 Å². The number of anilines is 1. The van der Waals surface area contributed by atoms with Crippen LogP contribution in [0.2, 0.25) is 0 Å². The minimum absolute atomic E-state index is 0.0328. The molecule has 0 spiro atoms. The Kier molecular flexibility index (Phi) is 4.76. The Morgan fingerprint density at radius 1 is 1.32 bits per heavy atom. The van der Waals surface area contributed by atoms with E-state index in [-0.39, 0.29) is 17.7 Å². The molecule has 3 rings (SSSR count). The lowest BCUT2D eigenvalue weighted by molar-refractivity contribution is -0.384. The highest BCUT2D eigenvalue weighted by molar-refractivity contribution is 9.10. The highest BCUT2D eigenvalue weighted by Gasteiger charge is 2.30. The van der Waals surface area contributed by atoms with E-state index in [4.69, 9.17) is 4.74 Å². The van der Waals surface area contributed by atoms with Gasteiger partial charge in [-0.2, -0.15) is 5.10 Å². The van der Waals surface area contributed by atoms with E-state index in [0.29, 0.717) is 10.2 Å². The highest BCUT2D eigenvalue weighted by Crippen LogP contribution is 2.40. The Hall–Kier alpha value is -2.41. The van der Waals surface area contributed by atoms with Crippen LogP contribution in [0.1, 0.15) is 37.8 Å². The maximum absolute atomic E-state index is 11.2. The quantitative estimate of drug-likeness (QED) is 0.438. The number of hydrogen-bond donors (Lipinski definition) is 1. The van der Waals surface area contributed by atoms with Crippen molar-refractivity contribution >= 4 is 33.0 Å². The number of fused-ring (bicyclic) bond motifs is 1. The molecule has 2 aromatic carbocycles. The predicted octanol–water partition coefficient (Wildman–Crippen LogP) is 5.08. The summed E-state index contributed by atoms with van der Waals surface area (Å²) in [6.45, 7) is 6.05. The van der Waals surface area contributed by atoms with Crippen LogP contribution in [0.25, 0.3) is 0 Å². The average Bonchev–Trinajstić information content (AvgIpc) is 2.87. The van der Waals surface area contributed by atoms with Crippen LogP contribution in [-0.4, -0.2) is 16.7 Å². The van der Waals surface area contributed by atoms with Crippen LogP contribution in [0, 0.1) is 10.1 Å². The zero-order chi connectivity index (χ0) is 18.1. The first-order chi connectivity index (χ1) is 11.9. The molecule has 0 unspecified atom stereocenters. The predicted molar refractivity (Wildman–Crippen MR) is 102 cm³/mol. The second kappa shape index (κ2) is 6.84. The molecule has 7 heteroatoms. The fraction of sp³-hybridized carbons (Fsp3) is 0.278. The van der Waals surface area contributed by atoms with Crippen molar-refractivity contribution < 1.29 is 9.66 Å². The van der Waals surface area contributed by atoms with Gasteiger partial charge >= 0.3 is 0 Å². The Balaban J connectivity index is 1.93. The third-order valence-electron chi connectivity index (χ3n) is 4.43. The maximum Gasteiger partial charge on any atom is 0.295 e. The van der Waals surface area contributed by atoms with Gasteiger partial charge < -0.3 is 4.74 Å². The molecule has 130 valence electrons. The minimum atomic E-state index is -0.435. The minimum Gasteiger partial charge on any atom is -0.490 e. The summed E-state index contributed by atoms with van der Waals surface area (Å²) in [6.07, 6.45) is 0.115. The topological polar surface area (TPSA) is 76.8 Å². The summed E-state index contributed by atoms with van der Waals surface area (Å²) < 4.78 is 6.51. The number of nitrogens with zero attached hydrogens (tertiary/aromatic N) is 2. The van der Waals surface area contributed by atoms with Crippen LogP contribution in [-0.2, 0) is 0 Å². The first kappa shape index (κ1) is 17.4. The van der Waals surface area contributed by atoms with Crippen molar-refractivity contribution in [2.45, 2.75) is 32.8 Å². The average molecular weight is 404 g/mol. The molecule has 1 aliphatic heterocycles. The van der Waals surface area contributed by atoms with Crippen molar-refractivity contribution in [2.24, 2.45) is 5.10 Å². The smallest absolute Gasteiger partial charge is 0.295 e. The highest BCUT2D eigenvalue weighted by atomic mass is 79.9. The molecule has 0 saturated carbocycles. The number of nitro groups is 1. The van der Waals surface area contributed by atoms with Crippen LogP contribution >= 0.6 is 15.9 Å². The number of nitrogens with one attached hydrogen (secondary N) is 1. The zero-order valence-electron chi connectivity index (χ0n) is 14.1. The van der Waals surface area contributed by atoms with Crippen LogP contribution < -0.4 is 10.2 Å². The standard InChI is InChI=1S/C18H18BrN3O3/c1-10-12(3)25-17-6-4-5-14(18(10)17)11(2)20-21-15-8-7-13(19)9-16(15)22(23)24/h4-10,12,21H,1-3H3/b20-11+/t10-,12+/m0/s1. The third-order valence-corrected chi connectivity index (χ3v) is 4.92. The molecule has 2 aromatic rings. The fourth-order valence-electron chi connectivity index (χ4n) is 2.92. The second-order valence-electron chi connectivity index (χ2n) is 6.06. The molecule has 0 aromatic heterocycles. The summed E-state index contributed by atoms with van der Waals surface area (Å²) >= 11 is 3.25. The normalized spacial score (nSPS) is 19.3. The third kappa shape index (κ3) is 3.37. The van der Waals surface area contributed by atoms with Crippen LogP contribution in [0.4, 0.5) is 11.4 Å². The van der Waals surface area contributed by atoms with Gasteiger partial charge in [0, 0.05) is 27.6 Å². The van der Waals surface area contributed by atoms with Crippen molar-refractivity contribution in [3.05, 3.63) is 62.1 Å². The molecule has 1 aliphatic rings. The van der Waals surface area contributed by atoms with E-state index < -0.39 is 4.92 Å². The summed E-state index contributed by atoms with van der Waals surface area (Å²) in [7, 11) is 0. The van der Waals surface area contributed by atoms with E-state index in [9.17, 15) is 10.1 Å². The zero-order valence-corrected chi connectivity index (χ0v) is 15.7. The van der Waals surface area contributed by atoms with Crippen LogP contribution in [0.5, 0.6) is 5.75 Å². The van der Waals surface area contributed by atoms with E-state index in [1.54, 1.807) is 12.1 Å². The van der Waals surface area contributed by atoms with Gasteiger partial charge in [0.15, 0.2) is 0 Å². The summed E-state index contributed by atoms with van der Waals surface area (Å²) in [5, 5.41) is 15.6. The van der Waals surface area contributed by atoms with Crippen molar-refractivity contribution in [3.63, 3.8) is 0 Å². The Labute approximate surface area is 154 Å². The van der Waals surface area contributed by atoms with E-state index in [1.165, 1.54) is 6.07 Å². The Morgan fingerprint density at radius 3 is 2.80 bits per heavy atom. The van der Waals surface area contributed by atoms with Crippen LogP contribution in [0.15, 0.2) is 46.0 Å². The van der Waals surface area contributed by atoms with Gasteiger partial charge in [-0.25, -0.2) is 0 Å². The summed E-state index contributed by atoms with van der Waals surface area (Å²) in [5.74, 6) is 1.14. The number of hydrazone groups is 1. The summed E-state index contributed by atoms with van der Waals surface area (Å²) in [5.41, 5.74) is 6.00. The van der Waals surface area contributed by atoms with Gasteiger partial charge in [-0.15, -0.1) is 0 Å². The number of ether oxygens (including phenoxy) is 1. The Morgan fingerprint density at radius 2 is 2.08 bits per heavy atom. The lowest BCUT2D eigenvalue weighted by Crippen LogP contribution is -2.12. The molecule has 0 fully saturated rings. The van der Waals surface area contributed by atoms with Crippen molar-refractivity contribution in [1.29, 1.82) is 0 Å². The first-order valence-electron chi connectivity index (χ1n) is 7.92. The van der Waals surface area contributed by atoms with Gasteiger partial charge in [0.25, 0.3) is 5.69 Å². The molecule has 6 nitrogen and oxygen atoms in total. The lowest BCUT2D eigenvalue weighted by atomic mass is 9.92. The summed E-state index contributed by atoms with van der Waals surface area (Å²) in [4.78, 5) is 10.8. The van der Waals surface area contributed by atoms with Crippen molar-refractivity contribution in [2.75, 3.05) is 5.43 Å². The van der Waals surface area contributed by atoms with Gasteiger partial charge in [0.2, 0.25) is 0 Å². The van der Waals surface area contributed by atoms with Gasteiger partial charge in [0.1, 0.15) is 17.5 Å². The van der Waals surface area contributed by atoms with Gasteiger partial charge in [-0.1, -0.05) is 35.0 Å². The number of halogens is 1. The molecule has 0 radical (unpaired) electrons. The van der Waals surface area contributed by atoms with E-state index in [1.807, 2.05) is 32.0 Å². The Bertz CT molecular complexity index is 867. The first-order valence-corrected chi connectivity index (χ1v) is 8.72. The second-order valence-corrected chi connectivity index (χ2v) is 6.97.